The van der Waals surface area contributed by atoms with Crippen LogP contribution < -0.4 is 5.73 Å². The Balaban J connectivity index is 0.994. The molecule has 10 rings (SSSR count). The monoisotopic (exact) mass is 729 g/mol. The lowest BCUT2D eigenvalue weighted by Gasteiger charge is -2.47. The van der Waals surface area contributed by atoms with Crippen molar-refractivity contribution >= 4 is 5.78 Å². The number of carbonyl (C=O) groups is 1. The average molecular weight is 730 g/mol. The first kappa shape index (κ1) is 36.4. The van der Waals surface area contributed by atoms with E-state index in [9.17, 15) is 9.90 Å². The van der Waals surface area contributed by atoms with Crippen LogP contribution in [0.15, 0.2) is 24.3 Å². The number of hydrogen-bond acceptors (Lipinski definition) is 12. The van der Waals surface area contributed by atoms with Crippen molar-refractivity contribution in [3.05, 3.63) is 24.3 Å². The molecule has 12 bridgehead atoms. The van der Waals surface area contributed by atoms with Crippen LogP contribution >= 0.6 is 0 Å². The zero-order valence-electron chi connectivity index (χ0n) is 30.8. The van der Waals surface area contributed by atoms with Crippen molar-refractivity contribution in [3.8, 4) is 0 Å². The van der Waals surface area contributed by atoms with E-state index in [2.05, 4.69) is 20.1 Å². The second kappa shape index (κ2) is 14.3. The van der Waals surface area contributed by atoms with Gasteiger partial charge in [0, 0.05) is 58.1 Å². The Morgan fingerprint density at radius 2 is 1.56 bits per heavy atom. The predicted octanol–water partition coefficient (Wildman–Crippen LogP) is 3.44. The molecule has 3 unspecified atom stereocenters. The maximum absolute atomic E-state index is 14.1. The molecule has 0 aromatic heterocycles. The number of fused-ring (bicyclic) bond motifs is 6. The van der Waals surface area contributed by atoms with Crippen molar-refractivity contribution in [1.82, 2.24) is 0 Å². The van der Waals surface area contributed by atoms with Crippen LogP contribution in [-0.4, -0.2) is 128 Å². The van der Waals surface area contributed by atoms with Crippen molar-refractivity contribution in [2.24, 2.45) is 17.6 Å². The highest BCUT2D eigenvalue weighted by Crippen LogP contribution is 2.54. The van der Waals surface area contributed by atoms with Crippen LogP contribution in [0.3, 0.4) is 0 Å². The molecule has 1 spiro atoms. The molecule has 10 aliphatic heterocycles. The van der Waals surface area contributed by atoms with E-state index in [0.29, 0.717) is 25.7 Å². The second-order valence-corrected chi connectivity index (χ2v) is 17.4. The van der Waals surface area contributed by atoms with Crippen LogP contribution in [0.4, 0.5) is 0 Å². The lowest BCUT2D eigenvalue weighted by molar-refractivity contribution is -0.292. The summed E-state index contributed by atoms with van der Waals surface area (Å²) in [6.45, 7) is 11.3. The Bertz CT molecular complexity index is 1380. The van der Waals surface area contributed by atoms with E-state index in [1.807, 2.05) is 0 Å². The SMILES string of the molecule is C=C1C2C[C@@H]3OC(C[C@H](O)CN)[C@H](OC)[C@H]3CC(=O)C[C@H]3CC[C@@H]4O[C@@H]5[C@H]6O[C@@H]7C[C@](CC[C@H]8CC(=C)[C@H](CCC(C[C@H]1C)O2)O8)(O[C@H]6[C@H]4O3)O[C@H]57. The predicted molar refractivity (Wildman–Crippen MR) is 186 cm³/mol. The molecule has 0 aromatic rings. The molecule has 10 saturated heterocycles. The maximum Gasteiger partial charge on any atom is 0.172 e. The highest BCUT2D eigenvalue weighted by Gasteiger charge is 2.68. The van der Waals surface area contributed by atoms with E-state index in [1.54, 1.807) is 7.11 Å². The first-order chi connectivity index (χ1) is 25.1. The van der Waals surface area contributed by atoms with E-state index in [4.69, 9.17) is 48.4 Å². The fourth-order valence-electron chi connectivity index (χ4n) is 11.3. The van der Waals surface area contributed by atoms with E-state index >= 15 is 0 Å². The highest BCUT2D eigenvalue weighted by molar-refractivity contribution is 5.79. The summed E-state index contributed by atoms with van der Waals surface area (Å²) in [6, 6.07) is 0. The molecular weight excluding hydrogens is 670 g/mol. The zero-order chi connectivity index (χ0) is 35.9. The fourth-order valence-corrected chi connectivity index (χ4v) is 11.3. The molecule has 19 atom stereocenters. The third-order valence-corrected chi connectivity index (χ3v) is 14.0. The average Bonchev–Trinajstić information content (AvgIpc) is 3.79. The molecule has 10 heterocycles. The van der Waals surface area contributed by atoms with Crippen LogP contribution in [0.1, 0.15) is 90.4 Å². The molecule has 10 aliphatic rings. The van der Waals surface area contributed by atoms with E-state index < -0.39 is 18.0 Å². The van der Waals surface area contributed by atoms with Crippen molar-refractivity contribution in [2.75, 3.05) is 13.7 Å². The third-order valence-electron chi connectivity index (χ3n) is 14.0. The summed E-state index contributed by atoms with van der Waals surface area (Å²) in [5.41, 5.74) is 8.01. The lowest BCUT2D eigenvalue weighted by Crippen LogP contribution is -2.61. The molecule has 0 aliphatic carbocycles. The summed E-state index contributed by atoms with van der Waals surface area (Å²) in [5.74, 6) is -0.619. The molecule has 52 heavy (non-hydrogen) atoms. The number of Topliss-reactive ketones (excluding diaryl/α,β-unsaturated/α-hetero) is 1. The molecule has 0 saturated carbocycles. The van der Waals surface area contributed by atoms with Crippen LogP contribution in [0.5, 0.6) is 0 Å². The summed E-state index contributed by atoms with van der Waals surface area (Å²) < 4.78 is 60.0. The van der Waals surface area contributed by atoms with Gasteiger partial charge in [-0.2, -0.15) is 0 Å². The number of ether oxygens (including phenoxy) is 9. The van der Waals surface area contributed by atoms with Crippen LogP contribution in [-0.2, 0) is 47.4 Å². The van der Waals surface area contributed by atoms with Crippen molar-refractivity contribution in [1.29, 1.82) is 0 Å². The van der Waals surface area contributed by atoms with Gasteiger partial charge in [-0.1, -0.05) is 20.1 Å². The maximum atomic E-state index is 14.1. The molecular formula is C40H59NO11. The smallest absolute Gasteiger partial charge is 0.172 e. The third kappa shape index (κ3) is 6.59. The van der Waals surface area contributed by atoms with Gasteiger partial charge >= 0.3 is 0 Å². The normalized spacial score (nSPS) is 52.4. The molecule has 12 heteroatoms. The standard InChI is InChI=1S/C40H59NO11/c1-19-11-24-5-7-28-20(2)12-26(45-28)9-10-40-17-33-36(51-40)37-38(50-33)39(52-40)35-29(49-37)8-6-25(47-35)13-22(42)14-27-31(16-30(46-24)21(19)3)48-32(34(27)44-4)15-23(43)18-41/h19,23-39,43H,2-3,5-18,41H2,1,4H3/t19-,23+,24?,25-,26+,27+,28+,29+,30?,31+,32?,33-,34-,35+,36+,37+,38-,39+,40+/m1/s1. The van der Waals surface area contributed by atoms with Gasteiger partial charge in [-0.25, -0.2) is 0 Å². The summed E-state index contributed by atoms with van der Waals surface area (Å²) >= 11 is 0. The quantitative estimate of drug-likeness (QED) is 0.409. The van der Waals surface area contributed by atoms with Crippen molar-refractivity contribution < 1.29 is 52.5 Å². The van der Waals surface area contributed by atoms with Gasteiger partial charge in [-0.05, 0) is 62.0 Å². The van der Waals surface area contributed by atoms with Crippen LogP contribution in [0, 0.1) is 11.8 Å². The number of methoxy groups -OCH3 is 1. The molecule has 290 valence electrons. The Hall–Kier alpha value is -1.29. The van der Waals surface area contributed by atoms with Gasteiger partial charge in [-0.15, -0.1) is 0 Å². The number of aliphatic hydroxyl groups is 1. The number of rotatable bonds is 4. The van der Waals surface area contributed by atoms with Gasteiger partial charge in [0.05, 0.1) is 67.1 Å². The Kier molecular flexibility index (Phi) is 10.0. The highest BCUT2D eigenvalue weighted by atomic mass is 16.8. The Morgan fingerprint density at radius 3 is 2.38 bits per heavy atom. The molecule has 0 radical (unpaired) electrons. The lowest BCUT2D eigenvalue weighted by atomic mass is 9.81. The number of carbonyl (C=O) groups excluding carboxylic acids is 1. The summed E-state index contributed by atoms with van der Waals surface area (Å²) in [5, 5.41) is 10.5. The number of ketones is 1. The van der Waals surface area contributed by atoms with Gasteiger partial charge in [0.15, 0.2) is 5.79 Å². The van der Waals surface area contributed by atoms with Gasteiger partial charge in [0.2, 0.25) is 0 Å². The number of aliphatic hydroxyl groups excluding tert-OH is 1. The van der Waals surface area contributed by atoms with Gasteiger partial charge in [-0.3, -0.25) is 4.79 Å². The zero-order valence-corrected chi connectivity index (χ0v) is 30.8. The Morgan fingerprint density at radius 1 is 0.808 bits per heavy atom. The molecule has 3 N–H and O–H groups in total. The van der Waals surface area contributed by atoms with Crippen LogP contribution in [0.25, 0.3) is 0 Å². The van der Waals surface area contributed by atoms with Gasteiger partial charge < -0.3 is 53.5 Å². The van der Waals surface area contributed by atoms with E-state index in [0.717, 1.165) is 56.1 Å². The fraction of sp³-hybridized carbons (Fsp3) is 0.875. The first-order valence-corrected chi connectivity index (χ1v) is 20.2. The minimum Gasteiger partial charge on any atom is -0.392 e. The van der Waals surface area contributed by atoms with Crippen molar-refractivity contribution in [3.63, 3.8) is 0 Å². The molecule has 10 fully saturated rings. The van der Waals surface area contributed by atoms with E-state index in [1.165, 1.54) is 0 Å². The van der Waals surface area contributed by atoms with Crippen molar-refractivity contribution in [2.45, 2.75) is 194 Å². The number of hydrogen-bond donors (Lipinski definition) is 2. The number of nitrogens with two attached hydrogens (primary N) is 1. The van der Waals surface area contributed by atoms with Gasteiger partial charge in [0.1, 0.15) is 36.3 Å². The second-order valence-electron chi connectivity index (χ2n) is 17.4. The molecule has 0 aromatic carbocycles. The summed E-state index contributed by atoms with van der Waals surface area (Å²) in [4.78, 5) is 14.1. The minimum atomic E-state index is -0.780. The Labute approximate surface area is 307 Å². The van der Waals surface area contributed by atoms with E-state index in [-0.39, 0.29) is 122 Å². The van der Waals surface area contributed by atoms with Crippen LogP contribution in [0.2, 0.25) is 0 Å². The largest absolute Gasteiger partial charge is 0.392 e. The molecule has 0 amide bonds. The summed E-state index contributed by atoms with van der Waals surface area (Å²) in [6.07, 6.45) is 4.85. The topological polar surface area (TPSA) is 146 Å². The van der Waals surface area contributed by atoms with Gasteiger partial charge in [0.25, 0.3) is 0 Å². The minimum absolute atomic E-state index is 0.0158. The first-order valence-electron chi connectivity index (χ1n) is 20.2. The molecule has 12 nitrogen and oxygen atoms in total. The summed E-state index contributed by atoms with van der Waals surface area (Å²) in [7, 11) is 1.66.